The number of aryl methyl sites for hydroxylation is 1. The molecule has 0 unspecified atom stereocenters. The lowest BCUT2D eigenvalue weighted by atomic mass is 10.1. The van der Waals surface area contributed by atoms with Crippen molar-refractivity contribution in [1.29, 1.82) is 0 Å². The predicted molar refractivity (Wildman–Crippen MR) is 73.8 cm³/mol. The lowest BCUT2D eigenvalue weighted by Crippen LogP contribution is -2.30. The van der Waals surface area contributed by atoms with Gasteiger partial charge in [-0.3, -0.25) is 0 Å². The summed E-state index contributed by atoms with van der Waals surface area (Å²) in [6.07, 6.45) is 6.52. The van der Waals surface area contributed by atoms with E-state index in [4.69, 9.17) is 17.4 Å². The summed E-state index contributed by atoms with van der Waals surface area (Å²) < 4.78 is 1.52. The summed E-state index contributed by atoms with van der Waals surface area (Å²) >= 11 is 7.40. The monoisotopic (exact) mass is 269 g/mol. The summed E-state index contributed by atoms with van der Waals surface area (Å²) in [6, 6.07) is 8.08. The first kappa shape index (κ1) is 12.8. The smallest absolute Gasteiger partial charge is 0.0406 e. The molecule has 0 radical (unpaired) electrons. The number of allylic oxidation sites excluding steroid dienone is 1. The molecule has 1 heterocycles. The number of hydrogen-bond donors (Lipinski definition) is 2. The van der Waals surface area contributed by atoms with E-state index in [0.29, 0.717) is 0 Å². The molecule has 0 spiro atoms. The van der Waals surface area contributed by atoms with Crippen LogP contribution in [0.15, 0.2) is 35.4 Å². The molecule has 0 saturated heterocycles. The molecule has 1 aliphatic rings. The first-order chi connectivity index (χ1) is 8.24. The normalized spacial score (nSPS) is 15.8. The number of hydrogen-bond acceptors (Lipinski definition) is 4. The summed E-state index contributed by atoms with van der Waals surface area (Å²) in [6.45, 7) is 0. The SMILES string of the molecule is NN1NC=C(CCCCc2ccc(Cl)cc2)S1. The van der Waals surface area contributed by atoms with Crippen LogP contribution in [0.25, 0.3) is 0 Å². The molecule has 3 nitrogen and oxygen atoms in total. The van der Waals surface area contributed by atoms with Crippen molar-refractivity contribution in [2.75, 3.05) is 0 Å². The fourth-order valence-electron chi connectivity index (χ4n) is 1.71. The van der Waals surface area contributed by atoms with E-state index in [2.05, 4.69) is 17.6 Å². The van der Waals surface area contributed by atoms with E-state index in [-0.39, 0.29) is 0 Å². The third-order valence-corrected chi connectivity index (χ3v) is 3.73. The van der Waals surface area contributed by atoms with Crippen LogP contribution in [0.3, 0.4) is 0 Å². The Labute approximate surface area is 111 Å². The average Bonchev–Trinajstić information content (AvgIpc) is 2.73. The highest BCUT2D eigenvalue weighted by atomic mass is 35.5. The molecular formula is C12H16ClN3S. The molecule has 92 valence electrons. The Balaban J connectivity index is 1.65. The van der Waals surface area contributed by atoms with Gasteiger partial charge in [0.15, 0.2) is 0 Å². The van der Waals surface area contributed by atoms with Gasteiger partial charge < -0.3 is 5.43 Å². The molecule has 5 heteroatoms. The molecule has 3 N–H and O–H groups in total. The van der Waals surface area contributed by atoms with Gasteiger partial charge in [-0.2, -0.15) is 0 Å². The van der Waals surface area contributed by atoms with Crippen molar-refractivity contribution >= 4 is 23.5 Å². The van der Waals surface area contributed by atoms with Crippen molar-refractivity contribution < 1.29 is 0 Å². The highest BCUT2D eigenvalue weighted by molar-refractivity contribution is 8.00. The first-order valence-electron chi connectivity index (χ1n) is 5.66. The van der Waals surface area contributed by atoms with Gasteiger partial charge in [0.05, 0.1) is 0 Å². The van der Waals surface area contributed by atoms with Gasteiger partial charge in [0, 0.05) is 16.1 Å². The molecule has 0 amide bonds. The molecule has 0 atom stereocenters. The Morgan fingerprint density at radius 1 is 1.18 bits per heavy atom. The van der Waals surface area contributed by atoms with Crippen LogP contribution in [0.4, 0.5) is 0 Å². The van der Waals surface area contributed by atoms with Gasteiger partial charge in [-0.05, 0) is 55.3 Å². The van der Waals surface area contributed by atoms with Crippen molar-refractivity contribution in [1.82, 2.24) is 9.95 Å². The zero-order valence-electron chi connectivity index (χ0n) is 9.53. The van der Waals surface area contributed by atoms with Gasteiger partial charge >= 0.3 is 0 Å². The zero-order chi connectivity index (χ0) is 12.1. The van der Waals surface area contributed by atoms with Gasteiger partial charge in [-0.1, -0.05) is 28.3 Å². The van der Waals surface area contributed by atoms with Crippen LogP contribution < -0.4 is 11.3 Å². The van der Waals surface area contributed by atoms with E-state index in [9.17, 15) is 0 Å². The maximum atomic E-state index is 5.84. The fraction of sp³-hybridized carbons (Fsp3) is 0.333. The van der Waals surface area contributed by atoms with E-state index in [1.165, 1.54) is 27.8 Å². The van der Waals surface area contributed by atoms with Crippen LogP contribution in [-0.4, -0.2) is 4.52 Å². The number of rotatable bonds is 5. The zero-order valence-corrected chi connectivity index (χ0v) is 11.1. The minimum atomic E-state index is 0.801. The van der Waals surface area contributed by atoms with Crippen molar-refractivity contribution in [3.63, 3.8) is 0 Å². The average molecular weight is 270 g/mol. The lowest BCUT2D eigenvalue weighted by Gasteiger charge is -2.05. The summed E-state index contributed by atoms with van der Waals surface area (Å²) in [7, 11) is 0. The number of hydrazine groups is 2. The van der Waals surface area contributed by atoms with Gasteiger partial charge in [0.1, 0.15) is 0 Å². The minimum Gasteiger partial charge on any atom is -0.302 e. The molecule has 1 aromatic carbocycles. The van der Waals surface area contributed by atoms with Crippen LogP contribution in [-0.2, 0) is 6.42 Å². The number of nitrogens with two attached hydrogens (primary N) is 1. The predicted octanol–water partition coefficient (Wildman–Crippen LogP) is 3.24. The lowest BCUT2D eigenvalue weighted by molar-refractivity contribution is 0.440. The van der Waals surface area contributed by atoms with Crippen LogP contribution in [0.5, 0.6) is 0 Å². The second-order valence-electron chi connectivity index (χ2n) is 3.99. The van der Waals surface area contributed by atoms with Crippen molar-refractivity contribution in [2.24, 2.45) is 5.84 Å². The number of halogens is 1. The maximum absolute atomic E-state index is 5.84. The molecular weight excluding hydrogens is 254 g/mol. The molecule has 0 aromatic heterocycles. The van der Waals surface area contributed by atoms with Gasteiger partial charge in [-0.25, -0.2) is 5.84 Å². The number of nitrogens with one attached hydrogen (secondary N) is 1. The Morgan fingerprint density at radius 3 is 2.53 bits per heavy atom. The fourth-order valence-corrected chi connectivity index (χ4v) is 2.54. The van der Waals surface area contributed by atoms with E-state index in [0.717, 1.165) is 17.9 Å². The standard InChI is InChI=1S/C12H16ClN3S/c13-11-7-5-10(6-8-11)3-1-2-4-12-9-15-16(14)17-12/h5-9,15H,1-4,14H2. The Morgan fingerprint density at radius 2 is 1.88 bits per heavy atom. The highest BCUT2D eigenvalue weighted by Crippen LogP contribution is 2.26. The third kappa shape index (κ3) is 4.24. The second-order valence-corrected chi connectivity index (χ2v) is 5.53. The maximum Gasteiger partial charge on any atom is 0.0406 e. The van der Waals surface area contributed by atoms with E-state index < -0.39 is 0 Å². The van der Waals surface area contributed by atoms with E-state index >= 15 is 0 Å². The molecule has 1 aliphatic heterocycles. The van der Waals surface area contributed by atoms with Crippen molar-refractivity contribution in [3.8, 4) is 0 Å². The Bertz CT molecular complexity index is 391. The Hall–Kier alpha value is -0.680. The highest BCUT2D eigenvalue weighted by Gasteiger charge is 2.10. The summed E-state index contributed by atoms with van der Waals surface area (Å²) in [4.78, 5) is 1.30. The van der Waals surface area contributed by atoms with Crippen molar-refractivity contribution in [2.45, 2.75) is 25.7 Å². The molecule has 17 heavy (non-hydrogen) atoms. The molecule has 0 aliphatic carbocycles. The van der Waals surface area contributed by atoms with Crippen molar-refractivity contribution in [3.05, 3.63) is 46.0 Å². The van der Waals surface area contributed by atoms with Gasteiger partial charge in [0.25, 0.3) is 0 Å². The van der Waals surface area contributed by atoms with Gasteiger partial charge in [0.2, 0.25) is 0 Å². The number of nitrogens with zero attached hydrogens (tertiary/aromatic N) is 1. The van der Waals surface area contributed by atoms with Gasteiger partial charge in [-0.15, -0.1) is 0 Å². The third-order valence-electron chi connectivity index (χ3n) is 2.62. The first-order valence-corrected chi connectivity index (χ1v) is 6.81. The molecule has 2 rings (SSSR count). The largest absolute Gasteiger partial charge is 0.302 e. The molecule has 0 fully saturated rings. The number of unbranched alkanes of at least 4 members (excludes halogenated alkanes) is 1. The topological polar surface area (TPSA) is 41.3 Å². The second kappa shape index (κ2) is 6.31. The summed E-state index contributed by atoms with van der Waals surface area (Å²) in [5.41, 5.74) is 4.28. The molecule has 0 bridgehead atoms. The quantitative estimate of drug-likeness (QED) is 0.489. The van der Waals surface area contributed by atoms with Crippen LogP contribution in [0, 0.1) is 0 Å². The molecule has 0 saturated carbocycles. The van der Waals surface area contributed by atoms with E-state index in [1.54, 1.807) is 11.9 Å². The van der Waals surface area contributed by atoms with Crippen LogP contribution in [0.1, 0.15) is 24.8 Å². The van der Waals surface area contributed by atoms with Crippen LogP contribution in [0.2, 0.25) is 5.02 Å². The van der Waals surface area contributed by atoms with Crippen LogP contribution >= 0.6 is 23.5 Å². The minimum absolute atomic E-state index is 0.801. The number of benzene rings is 1. The Kier molecular flexibility index (Phi) is 4.74. The summed E-state index contributed by atoms with van der Waals surface area (Å²) in [5.74, 6) is 5.56. The summed E-state index contributed by atoms with van der Waals surface area (Å²) in [5, 5.41) is 0.801. The van der Waals surface area contributed by atoms with E-state index in [1.807, 2.05) is 18.3 Å². The molecule has 1 aromatic rings.